The quantitative estimate of drug-likeness (QED) is 0.544. The van der Waals surface area contributed by atoms with Crippen molar-refractivity contribution in [2.45, 2.75) is 20.3 Å². The summed E-state index contributed by atoms with van der Waals surface area (Å²) in [5, 5.41) is 0. The van der Waals surface area contributed by atoms with Crippen LogP contribution < -0.4 is 0 Å². The fourth-order valence-electron chi connectivity index (χ4n) is 0. The van der Waals surface area contributed by atoms with Gasteiger partial charge in [0.25, 0.3) is 0 Å². The molecule has 0 aromatic carbocycles. The molecule has 0 bridgehead atoms. The minimum absolute atomic E-state index is 0. The van der Waals surface area contributed by atoms with Crippen molar-refractivity contribution in [2.24, 2.45) is 0 Å². The van der Waals surface area contributed by atoms with E-state index >= 15 is 0 Å². The molecule has 0 rings (SSSR count). The van der Waals surface area contributed by atoms with Gasteiger partial charge in [-0.05, 0) is 0 Å². The Bertz CT molecular complexity index is 3.25. The number of hydrogen-bond donors (Lipinski definition) is 0. The Balaban J connectivity index is 0. The first-order valence-electron chi connectivity index (χ1n) is 1.41. The molecule has 0 atom stereocenters. The molecule has 1 heteroatoms. The first-order chi connectivity index (χ1) is 1.41. The molecule has 0 N–H and O–H groups in total. The van der Waals surface area contributed by atoms with Crippen molar-refractivity contribution in [2.75, 3.05) is 0 Å². The van der Waals surface area contributed by atoms with Gasteiger partial charge in [0.05, 0.1) is 0 Å². The van der Waals surface area contributed by atoms with Gasteiger partial charge in [-0.25, -0.2) is 0 Å². The molecular weight excluding hydrogens is 215 g/mol. The van der Waals surface area contributed by atoms with E-state index in [1.807, 2.05) is 0 Å². The van der Waals surface area contributed by atoms with E-state index < -0.39 is 0 Å². The van der Waals surface area contributed by atoms with Crippen molar-refractivity contribution in [3.8, 4) is 0 Å². The van der Waals surface area contributed by atoms with Crippen LogP contribution in [0.2, 0.25) is 0 Å². The average molecular weight is 223 g/mol. The van der Waals surface area contributed by atoms with E-state index in [-0.39, 0.29) is 25.8 Å². The van der Waals surface area contributed by atoms with Crippen LogP contribution in [-0.4, -0.2) is 0 Å². The van der Waals surface area contributed by atoms with Gasteiger partial charge < -0.3 is 0 Å². The van der Waals surface area contributed by atoms with Gasteiger partial charge in [-0.15, -0.1) is 0 Å². The van der Waals surface area contributed by atoms with E-state index in [0.717, 1.165) is 0 Å². The fourth-order valence-corrected chi connectivity index (χ4v) is 0. The summed E-state index contributed by atoms with van der Waals surface area (Å²) in [7, 11) is 0. The second-order valence-electron chi connectivity index (χ2n) is 0.707. The summed E-state index contributed by atoms with van der Waals surface area (Å²) in [6, 6.07) is 0. The van der Waals surface area contributed by atoms with Crippen molar-refractivity contribution in [3.63, 3.8) is 0 Å². The largest absolute Gasteiger partial charge is 0.0656 e. The molecule has 0 fully saturated rings. The Labute approximate surface area is 46.4 Å². The summed E-state index contributed by atoms with van der Waals surface area (Å²) in [5.74, 6) is 0. The van der Waals surface area contributed by atoms with Crippen molar-refractivity contribution in [1.82, 2.24) is 0 Å². The minimum Gasteiger partial charge on any atom is -0.0656 e. The molecule has 0 saturated carbocycles. The molecule has 0 aliphatic carbocycles. The maximum absolute atomic E-state index is 2.12. The Morgan fingerprint density at radius 3 is 1.25 bits per heavy atom. The maximum atomic E-state index is 2.12. The zero-order valence-electron chi connectivity index (χ0n) is 3.21. The fraction of sp³-hybridized carbons (Fsp3) is 1.00. The van der Waals surface area contributed by atoms with Gasteiger partial charge in [-0.1, -0.05) is 20.3 Å². The average Bonchev–Trinajstić information content (AvgIpc) is 0.918. The third-order valence-corrected chi connectivity index (χ3v) is 0. The number of rotatable bonds is 0. The van der Waals surface area contributed by atoms with E-state index in [0.29, 0.717) is 0 Å². The summed E-state index contributed by atoms with van der Waals surface area (Å²) in [6.45, 7) is 4.25. The zero-order valence-corrected chi connectivity index (χ0v) is 6.80. The van der Waals surface area contributed by atoms with Crippen LogP contribution in [0.1, 0.15) is 20.3 Å². The molecule has 0 nitrogen and oxygen atoms in total. The van der Waals surface area contributed by atoms with Gasteiger partial charge in [0.2, 0.25) is 0 Å². The Hall–Kier alpha value is 0.870. The van der Waals surface area contributed by atoms with E-state index in [1.54, 1.807) is 0 Å². The van der Waals surface area contributed by atoms with E-state index in [4.69, 9.17) is 0 Å². The third-order valence-electron chi connectivity index (χ3n) is 0. The van der Waals surface area contributed by atoms with E-state index in [2.05, 4.69) is 13.8 Å². The van der Waals surface area contributed by atoms with Crippen LogP contribution in [0.15, 0.2) is 0 Å². The zero-order chi connectivity index (χ0) is 2.71. The summed E-state index contributed by atoms with van der Waals surface area (Å²) in [5.41, 5.74) is 0. The normalized spacial score (nSPS) is 4.50. The molecule has 4 heavy (non-hydrogen) atoms. The van der Waals surface area contributed by atoms with E-state index in [1.165, 1.54) is 6.42 Å². The maximum Gasteiger partial charge on any atom is 0 e. The van der Waals surface area contributed by atoms with Crippen molar-refractivity contribution in [1.29, 1.82) is 0 Å². The van der Waals surface area contributed by atoms with Crippen molar-refractivity contribution in [3.05, 3.63) is 0 Å². The van der Waals surface area contributed by atoms with Crippen molar-refractivity contribution >= 4 is 0 Å². The molecule has 24 valence electrons. The third kappa shape index (κ3) is 13.3. The van der Waals surface area contributed by atoms with Gasteiger partial charge in [0.1, 0.15) is 0 Å². The monoisotopic (exact) mass is 224 g/mol. The molecule has 0 unspecified atom stereocenters. The molecule has 0 aliphatic rings. The first kappa shape index (κ1) is 8.85. The van der Waals surface area contributed by atoms with Crippen LogP contribution in [0.5, 0.6) is 0 Å². The predicted octanol–water partition coefficient (Wildman–Crippen LogP) is 1.41. The molecule has 0 radical (unpaired) electrons. The Kier molecular flexibility index (Phi) is 20.2. The van der Waals surface area contributed by atoms with Gasteiger partial charge in [-0.3, -0.25) is 0 Å². The van der Waals surface area contributed by atoms with Crippen LogP contribution in [0, 0.1) is 0 Å². The summed E-state index contributed by atoms with van der Waals surface area (Å²) < 4.78 is 0. The van der Waals surface area contributed by atoms with Gasteiger partial charge in [-0.2, -0.15) is 0 Å². The number of hydrogen-bond acceptors (Lipinski definition) is 0. The topological polar surface area (TPSA) is 0 Å². The molecule has 0 amide bonds. The van der Waals surface area contributed by atoms with Gasteiger partial charge >= 0.3 is 0 Å². The van der Waals surface area contributed by atoms with Crippen LogP contribution in [0.4, 0.5) is 0 Å². The predicted molar refractivity (Wildman–Crippen MR) is 16.0 cm³/mol. The molecule has 0 aromatic heterocycles. The second-order valence-corrected chi connectivity index (χ2v) is 0.707. The Morgan fingerprint density at radius 1 is 1.25 bits per heavy atom. The van der Waals surface area contributed by atoms with Crippen molar-refractivity contribution < 1.29 is 25.8 Å². The molecule has 0 aliphatic heterocycles. The molecule has 0 spiro atoms. The summed E-state index contributed by atoms with van der Waals surface area (Å²) in [6.07, 6.45) is 1.25. The summed E-state index contributed by atoms with van der Waals surface area (Å²) >= 11 is 0. The first-order valence-corrected chi connectivity index (χ1v) is 1.41. The second kappa shape index (κ2) is 9.12. The molecule has 0 saturated heterocycles. The van der Waals surface area contributed by atoms with E-state index in [9.17, 15) is 0 Å². The van der Waals surface area contributed by atoms with Crippen LogP contribution in [0.3, 0.4) is 0 Å². The smallest absolute Gasteiger partial charge is 0 e. The Morgan fingerprint density at radius 2 is 1.25 bits per heavy atom. The minimum atomic E-state index is 0. The summed E-state index contributed by atoms with van der Waals surface area (Å²) in [4.78, 5) is 0. The SMILES string of the molecule is CCC.[Hf]. The molecule has 0 aromatic rings. The molecular formula is C3H8Hf. The van der Waals surface area contributed by atoms with Gasteiger partial charge in [0, 0.05) is 25.8 Å². The molecule has 0 heterocycles. The van der Waals surface area contributed by atoms with Crippen LogP contribution in [0.25, 0.3) is 0 Å². The van der Waals surface area contributed by atoms with Gasteiger partial charge in [0.15, 0.2) is 0 Å². The van der Waals surface area contributed by atoms with Crippen LogP contribution in [-0.2, 0) is 25.8 Å². The standard InChI is InChI=1S/C3H8.Hf/c1-3-2;/h3H2,1-2H3;. The van der Waals surface area contributed by atoms with Crippen LogP contribution >= 0.6 is 0 Å².